The molecule has 1 rings (SSSR count). The van der Waals surface area contributed by atoms with Crippen molar-refractivity contribution in [1.82, 2.24) is 0 Å². The summed E-state index contributed by atoms with van der Waals surface area (Å²) >= 11 is 11.3. The molecule has 1 aliphatic heterocycles. The molecule has 1 aliphatic rings. The summed E-state index contributed by atoms with van der Waals surface area (Å²) in [5, 5.41) is 0.521. The van der Waals surface area contributed by atoms with Gasteiger partial charge in [0.1, 0.15) is 0 Å². The molecule has 0 aromatic rings. The first-order chi connectivity index (χ1) is 5.66. The van der Waals surface area contributed by atoms with Gasteiger partial charge in [0.2, 0.25) is 0 Å². The molecule has 0 aromatic carbocycles. The van der Waals surface area contributed by atoms with Gasteiger partial charge in [0.15, 0.2) is 0 Å². The van der Waals surface area contributed by atoms with Gasteiger partial charge in [-0.3, -0.25) is 0 Å². The topological polar surface area (TPSA) is 26.3 Å². The quantitative estimate of drug-likeness (QED) is 0.396. The predicted octanol–water partition coefficient (Wildman–Crippen LogP) is 2.30. The van der Waals surface area contributed by atoms with Gasteiger partial charge in [-0.05, 0) is 13.3 Å². The molecular weight excluding hydrogens is 199 g/mol. The fourth-order valence-corrected chi connectivity index (χ4v) is 1.78. The van der Waals surface area contributed by atoms with Crippen molar-refractivity contribution in [2.45, 2.75) is 13.3 Å². The molecule has 68 valence electrons. The van der Waals surface area contributed by atoms with Crippen LogP contribution >= 0.6 is 23.2 Å². The molecule has 0 N–H and O–H groups in total. The van der Waals surface area contributed by atoms with Crippen LogP contribution in [0.4, 0.5) is 0 Å². The summed E-state index contributed by atoms with van der Waals surface area (Å²) in [4.78, 5) is 11.1. The second kappa shape index (κ2) is 4.15. The third-order valence-corrected chi connectivity index (χ3v) is 2.29. The normalized spacial score (nSPS) is 27.2. The lowest BCUT2D eigenvalue weighted by molar-refractivity contribution is -0.135. The molecule has 0 aromatic heterocycles. The highest BCUT2D eigenvalue weighted by atomic mass is 35.5. The Balaban J connectivity index is 2.78. The van der Waals surface area contributed by atoms with E-state index in [4.69, 9.17) is 27.9 Å². The Bertz CT molecular complexity index is 219. The summed E-state index contributed by atoms with van der Waals surface area (Å²) in [7, 11) is 0. The number of ether oxygens (including phenoxy) is 1. The highest BCUT2D eigenvalue weighted by Crippen LogP contribution is 2.28. The van der Waals surface area contributed by atoms with E-state index in [1.807, 2.05) is 0 Å². The number of halogens is 2. The number of alkyl halides is 1. The van der Waals surface area contributed by atoms with Crippen molar-refractivity contribution in [2.24, 2.45) is 5.92 Å². The van der Waals surface area contributed by atoms with Gasteiger partial charge < -0.3 is 4.74 Å². The third-order valence-electron chi connectivity index (χ3n) is 1.87. The standard InChI is InChI=1S/C8H10Cl2O2/c1-5(10)7-6(2-3-9)4-12-8(7)11/h6H,2-4H2,1H3/b7-5+. The Morgan fingerprint density at radius 3 is 2.92 bits per heavy atom. The van der Waals surface area contributed by atoms with Crippen LogP contribution in [0.3, 0.4) is 0 Å². The highest BCUT2D eigenvalue weighted by Gasteiger charge is 2.31. The van der Waals surface area contributed by atoms with E-state index in [0.717, 1.165) is 6.42 Å². The van der Waals surface area contributed by atoms with Crippen LogP contribution in [0.1, 0.15) is 13.3 Å². The van der Waals surface area contributed by atoms with Gasteiger partial charge in [0.05, 0.1) is 12.2 Å². The molecule has 0 aliphatic carbocycles. The number of esters is 1. The van der Waals surface area contributed by atoms with E-state index in [-0.39, 0.29) is 11.9 Å². The van der Waals surface area contributed by atoms with Gasteiger partial charge in [-0.25, -0.2) is 4.79 Å². The van der Waals surface area contributed by atoms with E-state index < -0.39 is 0 Å². The predicted molar refractivity (Wildman–Crippen MR) is 48.3 cm³/mol. The van der Waals surface area contributed by atoms with Gasteiger partial charge in [-0.15, -0.1) is 11.6 Å². The first-order valence-electron chi connectivity index (χ1n) is 3.76. The van der Waals surface area contributed by atoms with Crippen LogP contribution in [0.15, 0.2) is 10.6 Å². The van der Waals surface area contributed by atoms with Crippen LogP contribution < -0.4 is 0 Å². The number of carbonyl (C=O) groups excluding carboxylic acids is 1. The molecule has 0 saturated carbocycles. The molecule has 0 bridgehead atoms. The molecule has 0 spiro atoms. The zero-order chi connectivity index (χ0) is 9.14. The average molecular weight is 209 g/mol. The van der Waals surface area contributed by atoms with Crippen molar-refractivity contribution in [3.63, 3.8) is 0 Å². The lowest BCUT2D eigenvalue weighted by Gasteiger charge is -2.04. The molecule has 1 heterocycles. The van der Waals surface area contributed by atoms with Crippen LogP contribution in [0.2, 0.25) is 0 Å². The zero-order valence-corrected chi connectivity index (χ0v) is 8.28. The molecule has 0 radical (unpaired) electrons. The molecule has 4 heteroatoms. The lowest BCUT2D eigenvalue weighted by atomic mass is 9.99. The number of carbonyl (C=O) groups is 1. The molecule has 1 atom stereocenters. The van der Waals surface area contributed by atoms with E-state index in [1.165, 1.54) is 0 Å². The van der Waals surface area contributed by atoms with Gasteiger partial charge in [-0.1, -0.05) is 11.6 Å². The Labute approximate surface area is 81.5 Å². The molecule has 0 amide bonds. The van der Waals surface area contributed by atoms with E-state index in [2.05, 4.69) is 0 Å². The van der Waals surface area contributed by atoms with Crippen LogP contribution in [0.25, 0.3) is 0 Å². The summed E-state index contributed by atoms with van der Waals surface area (Å²) in [5.41, 5.74) is 0.595. The Morgan fingerprint density at radius 2 is 2.42 bits per heavy atom. The Kier molecular flexibility index (Phi) is 3.41. The van der Waals surface area contributed by atoms with Crippen molar-refractivity contribution in [2.75, 3.05) is 12.5 Å². The van der Waals surface area contributed by atoms with E-state index in [1.54, 1.807) is 6.92 Å². The minimum Gasteiger partial charge on any atom is -0.462 e. The molecular formula is C8H10Cl2O2. The Morgan fingerprint density at radius 1 is 1.75 bits per heavy atom. The van der Waals surface area contributed by atoms with Gasteiger partial charge in [0, 0.05) is 16.8 Å². The number of hydrogen-bond acceptors (Lipinski definition) is 2. The number of hydrogen-bond donors (Lipinski definition) is 0. The molecule has 1 unspecified atom stereocenters. The zero-order valence-electron chi connectivity index (χ0n) is 6.77. The fraction of sp³-hybridized carbons (Fsp3) is 0.625. The highest BCUT2D eigenvalue weighted by molar-refractivity contribution is 6.31. The van der Waals surface area contributed by atoms with Crippen molar-refractivity contribution in [1.29, 1.82) is 0 Å². The third kappa shape index (κ3) is 1.93. The minimum atomic E-state index is -0.294. The van der Waals surface area contributed by atoms with Crippen molar-refractivity contribution < 1.29 is 9.53 Å². The van der Waals surface area contributed by atoms with E-state index in [9.17, 15) is 4.79 Å². The van der Waals surface area contributed by atoms with Crippen LogP contribution in [-0.2, 0) is 9.53 Å². The summed E-state index contributed by atoms with van der Waals surface area (Å²) in [6.45, 7) is 2.12. The molecule has 1 fully saturated rings. The second-order valence-corrected chi connectivity index (χ2v) is 3.67. The van der Waals surface area contributed by atoms with Crippen LogP contribution in [0, 0.1) is 5.92 Å². The number of rotatable bonds is 2. The maximum Gasteiger partial charge on any atom is 0.335 e. The van der Waals surface area contributed by atoms with Crippen LogP contribution in [-0.4, -0.2) is 18.5 Å². The van der Waals surface area contributed by atoms with Crippen molar-refractivity contribution in [3.05, 3.63) is 10.6 Å². The number of cyclic esters (lactones) is 1. The Hall–Kier alpha value is -0.210. The van der Waals surface area contributed by atoms with Gasteiger partial charge >= 0.3 is 5.97 Å². The van der Waals surface area contributed by atoms with E-state index in [0.29, 0.717) is 23.1 Å². The largest absolute Gasteiger partial charge is 0.462 e. The van der Waals surface area contributed by atoms with Gasteiger partial charge in [0.25, 0.3) is 0 Å². The monoisotopic (exact) mass is 208 g/mol. The van der Waals surface area contributed by atoms with Crippen molar-refractivity contribution in [3.8, 4) is 0 Å². The molecule has 12 heavy (non-hydrogen) atoms. The molecule has 2 nitrogen and oxygen atoms in total. The van der Waals surface area contributed by atoms with E-state index >= 15 is 0 Å². The maximum atomic E-state index is 11.1. The summed E-state index contributed by atoms with van der Waals surface area (Å²) in [6.07, 6.45) is 0.743. The summed E-state index contributed by atoms with van der Waals surface area (Å²) in [6, 6.07) is 0. The SMILES string of the molecule is C/C(Cl)=C1\C(=O)OCC1CCCl. The average Bonchev–Trinajstić information content (AvgIpc) is 2.32. The molecule has 1 saturated heterocycles. The smallest absolute Gasteiger partial charge is 0.335 e. The maximum absolute atomic E-state index is 11.1. The van der Waals surface area contributed by atoms with Crippen LogP contribution in [0.5, 0.6) is 0 Å². The summed E-state index contributed by atoms with van der Waals surface area (Å²) in [5.74, 6) is 0.319. The minimum absolute atomic E-state index is 0.0903. The lowest BCUT2D eigenvalue weighted by Crippen LogP contribution is -2.05. The van der Waals surface area contributed by atoms with Crippen molar-refractivity contribution >= 4 is 29.2 Å². The first-order valence-corrected chi connectivity index (χ1v) is 4.67. The number of allylic oxidation sites excluding steroid dienone is 1. The fourth-order valence-electron chi connectivity index (χ4n) is 1.29. The van der Waals surface area contributed by atoms with Gasteiger partial charge in [-0.2, -0.15) is 0 Å². The summed E-state index contributed by atoms with van der Waals surface area (Å²) < 4.78 is 4.85. The second-order valence-electron chi connectivity index (χ2n) is 2.72. The first kappa shape index (κ1) is 9.87.